The Morgan fingerprint density at radius 1 is 0.931 bits per heavy atom. The summed E-state index contributed by atoms with van der Waals surface area (Å²) in [5.41, 5.74) is 3.73. The van der Waals surface area contributed by atoms with E-state index in [1.807, 2.05) is 18.2 Å². The molecule has 2 N–H and O–H groups in total. The Hall–Kier alpha value is -3.46. The number of benzene rings is 2. The number of hydrogen-bond acceptors (Lipinski definition) is 6. The first kappa shape index (κ1) is 18.9. The van der Waals surface area contributed by atoms with Gasteiger partial charge in [-0.05, 0) is 30.3 Å². The van der Waals surface area contributed by atoms with Crippen molar-refractivity contribution in [2.75, 3.05) is 41.7 Å². The van der Waals surface area contributed by atoms with Crippen LogP contribution in [-0.2, 0) is 0 Å². The number of aromatic nitrogens is 2. The molecule has 3 aromatic rings. The van der Waals surface area contributed by atoms with Crippen LogP contribution in [0.15, 0.2) is 60.1 Å². The summed E-state index contributed by atoms with van der Waals surface area (Å²) in [6, 6.07) is 16.8. The third-order valence-electron chi connectivity index (χ3n) is 4.64. The Labute approximate surface area is 172 Å². The van der Waals surface area contributed by atoms with E-state index in [-0.39, 0.29) is 11.9 Å². The molecular weight excluding hydrogens is 388 g/mol. The second kappa shape index (κ2) is 8.70. The van der Waals surface area contributed by atoms with Crippen LogP contribution in [0.25, 0.3) is 0 Å². The van der Waals surface area contributed by atoms with Gasteiger partial charge in [-0.1, -0.05) is 35.6 Å². The lowest BCUT2D eigenvalue weighted by Crippen LogP contribution is -2.50. The average Bonchev–Trinajstić information content (AvgIpc) is 3.28. The first-order valence-corrected chi connectivity index (χ1v) is 10.1. The highest BCUT2D eigenvalue weighted by molar-refractivity contribution is 7.13. The van der Waals surface area contributed by atoms with Gasteiger partial charge < -0.3 is 15.1 Å². The molecular formula is C20H20N6O2S. The first-order valence-electron chi connectivity index (χ1n) is 9.22. The van der Waals surface area contributed by atoms with Crippen LogP contribution >= 0.6 is 11.3 Å². The second-order valence-corrected chi connectivity index (χ2v) is 7.35. The number of nitrogens with zero attached hydrogens (tertiary/aromatic N) is 4. The molecule has 0 radical (unpaired) electrons. The molecule has 2 aromatic carbocycles. The minimum absolute atomic E-state index is 0.167. The Morgan fingerprint density at radius 2 is 1.72 bits per heavy atom. The first-order chi connectivity index (χ1) is 14.2. The van der Waals surface area contributed by atoms with Gasteiger partial charge in [0, 0.05) is 43.1 Å². The van der Waals surface area contributed by atoms with E-state index in [9.17, 15) is 9.59 Å². The predicted molar refractivity (Wildman–Crippen MR) is 114 cm³/mol. The standard InChI is InChI=1S/C20H20N6O2S/c27-18(23-19-24-21-14-29-19)15-5-4-6-16(13-15)22-20(28)26-11-9-25(10-12-26)17-7-2-1-3-8-17/h1-8,13-14H,9-12H2,(H,22,28)(H,23,24,27). The Balaban J connectivity index is 1.33. The minimum Gasteiger partial charge on any atom is -0.368 e. The summed E-state index contributed by atoms with van der Waals surface area (Å²) >= 11 is 1.24. The third-order valence-corrected chi connectivity index (χ3v) is 5.25. The zero-order valence-corrected chi connectivity index (χ0v) is 16.4. The van der Waals surface area contributed by atoms with Crippen molar-refractivity contribution < 1.29 is 9.59 Å². The molecule has 0 bridgehead atoms. The summed E-state index contributed by atoms with van der Waals surface area (Å²) in [7, 11) is 0. The minimum atomic E-state index is -0.297. The van der Waals surface area contributed by atoms with Gasteiger partial charge in [0.05, 0.1) is 0 Å². The maximum absolute atomic E-state index is 12.6. The number of urea groups is 1. The topological polar surface area (TPSA) is 90.5 Å². The lowest BCUT2D eigenvalue weighted by atomic mass is 10.2. The number of amides is 3. The van der Waals surface area contributed by atoms with Crippen molar-refractivity contribution >= 4 is 39.8 Å². The van der Waals surface area contributed by atoms with Crippen LogP contribution in [-0.4, -0.2) is 53.2 Å². The molecule has 0 spiro atoms. The molecule has 29 heavy (non-hydrogen) atoms. The molecule has 1 aromatic heterocycles. The maximum atomic E-state index is 12.6. The van der Waals surface area contributed by atoms with E-state index in [2.05, 4.69) is 37.9 Å². The van der Waals surface area contributed by atoms with Crippen LogP contribution in [0.2, 0.25) is 0 Å². The monoisotopic (exact) mass is 408 g/mol. The van der Waals surface area contributed by atoms with Crippen molar-refractivity contribution in [1.29, 1.82) is 0 Å². The van der Waals surface area contributed by atoms with E-state index in [1.165, 1.54) is 17.0 Å². The van der Waals surface area contributed by atoms with E-state index in [0.717, 1.165) is 13.1 Å². The van der Waals surface area contributed by atoms with E-state index in [0.29, 0.717) is 29.5 Å². The molecule has 148 valence electrons. The number of rotatable bonds is 4. The third kappa shape index (κ3) is 4.69. The number of anilines is 3. The predicted octanol–water partition coefficient (Wildman–Crippen LogP) is 3.14. The van der Waals surface area contributed by atoms with E-state index in [4.69, 9.17) is 0 Å². The van der Waals surface area contributed by atoms with Gasteiger partial charge >= 0.3 is 6.03 Å². The molecule has 1 saturated heterocycles. The molecule has 9 heteroatoms. The number of nitrogens with one attached hydrogen (secondary N) is 2. The van der Waals surface area contributed by atoms with Gasteiger partial charge in [0.2, 0.25) is 5.13 Å². The van der Waals surface area contributed by atoms with Gasteiger partial charge in [0.15, 0.2) is 0 Å². The fourth-order valence-electron chi connectivity index (χ4n) is 3.14. The van der Waals surface area contributed by atoms with E-state index in [1.54, 1.807) is 34.7 Å². The normalized spacial score (nSPS) is 13.8. The van der Waals surface area contributed by atoms with E-state index < -0.39 is 0 Å². The smallest absolute Gasteiger partial charge is 0.321 e. The molecule has 4 rings (SSSR count). The molecule has 0 saturated carbocycles. The number of carbonyl (C=O) groups excluding carboxylic acids is 2. The lowest BCUT2D eigenvalue weighted by molar-refractivity contribution is 0.102. The molecule has 8 nitrogen and oxygen atoms in total. The maximum Gasteiger partial charge on any atom is 0.321 e. The summed E-state index contributed by atoms with van der Waals surface area (Å²) in [5.74, 6) is -0.297. The van der Waals surface area contributed by atoms with E-state index >= 15 is 0 Å². The molecule has 3 amide bonds. The average molecular weight is 408 g/mol. The molecule has 2 heterocycles. The fourth-order valence-corrected chi connectivity index (χ4v) is 3.58. The zero-order chi connectivity index (χ0) is 20.1. The SMILES string of the molecule is O=C(Nc1nncs1)c1cccc(NC(=O)N2CCN(c3ccccc3)CC2)c1. The lowest BCUT2D eigenvalue weighted by Gasteiger charge is -2.36. The summed E-state index contributed by atoms with van der Waals surface area (Å²) < 4.78 is 0. The highest BCUT2D eigenvalue weighted by Gasteiger charge is 2.21. The zero-order valence-electron chi connectivity index (χ0n) is 15.6. The number of carbonyl (C=O) groups is 2. The van der Waals surface area contributed by atoms with Crippen molar-refractivity contribution in [3.05, 3.63) is 65.7 Å². The Bertz CT molecular complexity index is 972. The largest absolute Gasteiger partial charge is 0.368 e. The van der Waals surface area contributed by atoms with Crippen LogP contribution in [0, 0.1) is 0 Å². The quantitative estimate of drug-likeness (QED) is 0.692. The van der Waals surface area contributed by atoms with Crippen LogP contribution in [0.3, 0.4) is 0 Å². The number of para-hydroxylation sites is 1. The van der Waals surface area contributed by atoms with Gasteiger partial charge in [0.1, 0.15) is 5.51 Å². The van der Waals surface area contributed by atoms with Gasteiger partial charge in [-0.2, -0.15) is 0 Å². The highest BCUT2D eigenvalue weighted by Crippen LogP contribution is 2.18. The van der Waals surface area contributed by atoms with Crippen molar-refractivity contribution in [2.24, 2.45) is 0 Å². The van der Waals surface area contributed by atoms with Crippen LogP contribution < -0.4 is 15.5 Å². The Morgan fingerprint density at radius 3 is 2.45 bits per heavy atom. The van der Waals surface area contributed by atoms with Crippen molar-refractivity contribution in [1.82, 2.24) is 15.1 Å². The van der Waals surface area contributed by atoms with Crippen LogP contribution in [0.5, 0.6) is 0 Å². The molecule has 1 aliphatic rings. The van der Waals surface area contributed by atoms with Gasteiger partial charge in [-0.15, -0.1) is 10.2 Å². The van der Waals surface area contributed by atoms with Gasteiger partial charge in [-0.25, -0.2) is 4.79 Å². The molecule has 0 aliphatic carbocycles. The fraction of sp³-hybridized carbons (Fsp3) is 0.200. The summed E-state index contributed by atoms with van der Waals surface area (Å²) in [4.78, 5) is 29.0. The van der Waals surface area contributed by atoms with Crippen molar-refractivity contribution in [3.8, 4) is 0 Å². The molecule has 1 aliphatic heterocycles. The van der Waals surface area contributed by atoms with Gasteiger partial charge in [0.25, 0.3) is 5.91 Å². The number of piperazine rings is 1. The van der Waals surface area contributed by atoms with Crippen LogP contribution in [0.4, 0.5) is 21.3 Å². The second-order valence-electron chi connectivity index (χ2n) is 6.52. The number of hydrogen-bond donors (Lipinski definition) is 2. The molecule has 1 fully saturated rings. The summed E-state index contributed by atoms with van der Waals surface area (Å²) in [6.07, 6.45) is 0. The highest BCUT2D eigenvalue weighted by atomic mass is 32.1. The summed E-state index contributed by atoms with van der Waals surface area (Å²) in [6.45, 7) is 2.83. The summed E-state index contributed by atoms with van der Waals surface area (Å²) in [5, 5.41) is 13.5. The van der Waals surface area contributed by atoms with Crippen molar-refractivity contribution in [3.63, 3.8) is 0 Å². The molecule has 0 atom stereocenters. The van der Waals surface area contributed by atoms with Crippen molar-refractivity contribution in [2.45, 2.75) is 0 Å². The molecule has 0 unspecified atom stereocenters. The van der Waals surface area contributed by atoms with Crippen LogP contribution in [0.1, 0.15) is 10.4 Å². The Kier molecular flexibility index (Phi) is 5.66. The van der Waals surface area contributed by atoms with Gasteiger partial charge in [-0.3, -0.25) is 10.1 Å².